The van der Waals surface area contributed by atoms with Crippen LogP contribution in [-0.4, -0.2) is 35.0 Å². The molecule has 2 atom stereocenters. The van der Waals surface area contributed by atoms with E-state index in [-0.39, 0.29) is 6.10 Å². The molecule has 0 aliphatic carbocycles. The molecule has 26 heavy (non-hydrogen) atoms. The molecule has 0 saturated carbocycles. The fourth-order valence-corrected chi connectivity index (χ4v) is 3.94. The summed E-state index contributed by atoms with van der Waals surface area (Å²) < 4.78 is 13.3. The largest absolute Gasteiger partial charge is 0.481 e. The van der Waals surface area contributed by atoms with Gasteiger partial charge < -0.3 is 14.8 Å². The number of hydrogen-bond acceptors (Lipinski definition) is 5. The van der Waals surface area contributed by atoms with Crippen molar-refractivity contribution in [3.8, 4) is 5.88 Å². The normalized spacial score (nSPS) is 19.9. The van der Waals surface area contributed by atoms with Gasteiger partial charge in [-0.2, -0.15) is 5.10 Å². The second-order valence-corrected chi connectivity index (χ2v) is 7.22. The van der Waals surface area contributed by atoms with E-state index in [1.807, 2.05) is 24.7 Å². The first-order chi connectivity index (χ1) is 12.4. The smallest absolute Gasteiger partial charge is 0.213 e. The number of pyridine rings is 1. The number of hydrogen-bond donors (Lipinski definition) is 1. The van der Waals surface area contributed by atoms with Crippen molar-refractivity contribution in [3.05, 3.63) is 39.8 Å². The molecule has 3 heterocycles. The summed E-state index contributed by atoms with van der Waals surface area (Å²) in [5, 5.41) is 8.17. The van der Waals surface area contributed by atoms with Crippen LogP contribution in [0.2, 0.25) is 0 Å². The molecule has 0 aromatic carbocycles. The monoisotopic (exact) mass is 358 g/mol. The number of ether oxygens (including phenoxy) is 2. The molecular weight excluding hydrogens is 328 g/mol. The molecule has 2 aromatic rings. The highest BCUT2D eigenvalue weighted by Crippen LogP contribution is 2.37. The number of aromatic nitrogens is 3. The third-order valence-electron chi connectivity index (χ3n) is 5.51. The fraction of sp³-hybridized carbons (Fsp3) is 0.600. The first-order valence-corrected chi connectivity index (χ1v) is 9.25. The summed E-state index contributed by atoms with van der Waals surface area (Å²) in [5.74, 6) is 1.14. The maximum atomic E-state index is 6.08. The first kappa shape index (κ1) is 18.9. The highest BCUT2D eigenvalue weighted by molar-refractivity contribution is 5.33. The number of nitrogens with one attached hydrogen (secondary N) is 1. The molecule has 3 rings (SSSR count). The van der Waals surface area contributed by atoms with Crippen molar-refractivity contribution < 1.29 is 9.47 Å². The molecule has 1 aliphatic rings. The SMILES string of the molecule is COc1cc(C)c(CNC[C@H]2CCO[C@@H]2c2c(C)nn(C)c2C)c(C)n1. The van der Waals surface area contributed by atoms with E-state index in [4.69, 9.17) is 9.47 Å². The van der Waals surface area contributed by atoms with Gasteiger partial charge in [-0.25, -0.2) is 4.98 Å². The van der Waals surface area contributed by atoms with Crippen LogP contribution in [0.25, 0.3) is 0 Å². The Balaban J connectivity index is 1.66. The minimum absolute atomic E-state index is 0.132. The van der Waals surface area contributed by atoms with Crippen molar-refractivity contribution in [2.24, 2.45) is 13.0 Å². The summed E-state index contributed by atoms with van der Waals surface area (Å²) >= 11 is 0. The number of methoxy groups -OCH3 is 1. The Hall–Kier alpha value is -1.92. The highest BCUT2D eigenvalue weighted by atomic mass is 16.5. The van der Waals surface area contributed by atoms with E-state index in [9.17, 15) is 0 Å². The van der Waals surface area contributed by atoms with Crippen LogP contribution in [0.4, 0.5) is 0 Å². The van der Waals surface area contributed by atoms with Gasteiger partial charge in [-0.05, 0) is 45.2 Å². The van der Waals surface area contributed by atoms with Gasteiger partial charge in [0.05, 0.1) is 18.9 Å². The molecular formula is C20H30N4O2. The second-order valence-electron chi connectivity index (χ2n) is 7.22. The average molecular weight is 358 g/mol. The van der Waals surface area contributed by atoms with Crippen molar-refractivity contribution >= 4 is 0 Å². The van der Waals surface area contributed by atoms with Gasteiger partial charge in [-0.15, -0.1) is 0 Å². The van der Waals surface area contributed by atoms with Gasteiger partial charge in [0.1, 0.15) is 0 Å². The highest BCUT2D eigenvalue weighted by Gasteiger charge is 2.33. The standard InChI is InChI=1S/C20H30N4O2/c1-12-9-18(25-6)22-13(2)17(12)11-21-10-16-7-8-26-20(16)19-14(3)23-24(5)15(19)4/h9,16,20-21H,7-8,10-11H2,1-6H3/t16-,20+/m1/s1. The summed E-state index contributed by atoms with van der Waals surface area (Å²) in [7, 11) is 3.65. The Morgan fingerprint density at radius 2 is 2.04 bits per heavy atom. The zero-order valence-corrected chi connectivity index (χ0v) is 16.7. The summed E-state index contributed by atoms with van der Waals surface area (Å²) in [5.41, 5.74) is 7.01. The maximum absolute atomic E-state index is 6.08. The number of aryl methyl sites for hydroxylation is 4. The quantitative estimate of drug-likeness (QED) is 0.860. The second kappa shape index (κ2) is 7.76. The van der Waals surface area contributed by atoms with Crippen LogP contribution in [0, 0.1) is 33.6 Å². The molecule has 1 saturated heterocycles. The van der Waals surface area contributed by atoms with Crippen LogP contribution in [0.1, 0.15) is 46.3 Å². The van der Waals surface area contributed by atoms with Crippen molar-refractivity contribution in [3.63, 3.8) is 0 Å². The van der Waals surface area contributed by atoms with Crippen LogP contribution in [-0.2, 0) is 18.3 Å². The Kier molecular flexibility index (Phi) is 5.63. The predicted molar refractivity (Wildman–Crippen MR) is 101 cm³/mol. The van der Waals surface area contributed by atoms with Gasteiger partial charge in [-0.3, -0.25) is 4.68 Å². The summed E-state index contributed by atoms with van der Waals surface area (Å²) in [6.45, 7) is 10.9. The van der Waals surface area contributed by atoms with E-state index >= 15 is 0 Å². The van der Waals surface area contributed by atoms with Crippen molar-refractivity contribution in [1.82, 2.24) is 20.1 Å². The van der Waals surface area contributed by atoms with Crippen LogP contribution in [0.3, 0.4) is 0 Å². The van der Waals surface area contributed by atoms with Crippen LogP contribution < -0.4 is 10.1 Å². The van der Waals surface area contributed by atoms with Gasteiger partial charge in [0, 0.05) is 55.7 Å². The average Bonchev–Trinajstić information content (AvgIpc) is 3.14. The third kappa shape index (κ3) is 3.62. The van der Waals surface area contributed by atoms with E-state index in [2.05, 4.69) is 36.2 Å². The van der Waals surface area contributed by atoms with E-state index in [1.54, 1.807) is 7.11 Å². The molecule has 2 aromatic heterocycles. The molecule has 0 amide bonds. The van der Waals surface area contributed by atoms with E-state index in [1.165, 1.54) is 22.4 Å². The van der Waals surface area contributed by atoms with Crippen molar-refractivity contribution in [1.29, 1.82) is 0 Å². The molecule has 1 N–H and O–H groups in total. The number of nitrogens with zero attached hydrogens (tertiary/aromatic N) is 3. The van der Waals surface area contributed by atoms with Gasteiger partial charge >= 0.3 is 0 Å². The van der Waals surface area contributed by atoms with Crippen molar-refractivity contribution in [2.75, 3.05) is 20.3 Å². The minimum Gasteiger partial charge on any atom is -0.481 e. The van der Waals surface area contributed by atoms with Crippen LogP contribution in [0.5, 0.6) is 5.88 Å². The summed E-state index contributed by atoms with van der Waals surface area (Å²) in [6.07, 6.45) is 1.21. The molecule has 0 spiro atoms. The van der Waals surface area contributed by atoms with Gasteiger partial charge in [0.25, 0.3) is 0 Å². The lowest BCUT2D eigenvalue weighted by molar-refractivity contribution is 0.0893. The third-order valence-corrected chi connectivity index (χ3v) is 5.51. The Morgan fingerprint density at radius 1 is 1.27 bits per heavy atom. The lowest BCUT2D eigenvalue weighted by Gasteiger charge is -2.20. The predicted octanol–water partition coefficient (Wildman–Crippen LogP) is 2.92. The van der Waals surface area contributed by atoms with Gasteiger partial charge in [0.2, 0.25) is 5.88 Å². The first-order valence-electron chi connectivity index (χ1n) is 9.25. The summed E-state index contributed by atoms with van der Waals surface area (Å²) in [4.78, 5) is 4.49. The molecule has 142 valence electrons. The molecule has 1 fully saturated rings. The molecule has 0 bridgehead atoms. The number of rotatable bonds is 6. The zero-order valence-electron chi connectivity index (χ0n) is 16.7. The van der Waals surface area contributed by atoms with Gasteiger partial charge in [-0.1, -0.05) is 0 Å². The molecule has 6 heteroatoms. The van der Waals surface area contributed by atoms with Crippen LogP contribution >= 0.6 is 0 Å². The topological polar surface area (TPSA) is 61.2 Å². The van der Waals surface area contributed by atoms with Crippen LogP contribution in [0.15, 0.2) is 6.07 Å². The minimum atomic E-state index is 0.132. The Bertz CT molecular complexity index is 761. The van der Waals surface area contributed by atoms with E-state index in [0.29, 0.717) is 11.8 Å². The zero-order chi connectivity index (χ0) is 18.8. The fourth-order valence-electron chi connectivity index (χ4n) is 3.94. The van der Waals surface area contributed by atoms with E-state index in [0.717, 1.165) is 37.5 Å². The molecule has 6 nitrogen and oxygen atoms in total. The molecule has 0 unspecified atom stereocenters. The Morgan fingerprint density at radius 3 is 2.65 bits per heavy atom. The maximum Gasteiger partial charge on any atom is 0.213 e. The lowest BCUT2D eigenvalue weighted by atomic mass is 9.94. The molecule has 1 aliphatic heterocycles. The summed E-state index contributed by atoms with van der Waals surface area (Å²) in [6, 6.07) is 1.99. The van der Waals surface area contributed by atoms with E-state index < -0.39 is 0 Å². The Labute approximate surface area is 155 Å². The van der Waals surface area contributed by atoms with Crippen molar-refractivity contribution in [2.45, 2.75) is 46.8 Å². The molecule has 0 radical (unpaired) electrons. The lowest BCUT2D eigenvalue weighted by Crippen LogP contribution is -2.26. The van der Waals surface area contributed by atoms with Gasteiger partial charge in [0.15, 0.2) is 0 Å².